The number of halogens is 1. The van der Waals surface area contributed by atoms with E-state index in [1.165, 1.54) is 29.2 Å². The van der Waals surface area contributed by atoms with Crippen molar-refractivity contribution in [3.8, 4) is 0 Å². The van der Waals surface area contributed by atoms with Crippen LogP contribution in [0, 0.1) is 12.7 Å². The summed E-state index contributed by atoms with van der Waals surface area (Å²) in [6.45, 7) is 1.95. The van der Waals surface area contributed by atoms with Gasteiger partial charge in [0.2, 0.25) is 0 Å². The summed E-state index contributed by atoms with van der Waals surface area (Å²) in [6, 6.07) is 11.8. The molecule has 0 unspecified atom stereocenters. The molecule has 2 aromatic carbocycles. The fraction of sp³-hybridized carbons (Fsp3) is 0.278. The minimum absolute atomic E-state index is 0.0605. The van der Waals surface area contributed by atoms with Crippen LogP contribution in [0.1, 0.15) is 5.56 Å². The van der Waals surface area contributed by atoms with Gasteiger partial charge in [-0.25, -0.2) is 17.6 Å². The Morgan fingerprint density at radius 1 is 0.880 bits per heavy atom. The van der Waals surface area contributed by atoms with Gasteiger partial charge >= 0.3 is 6.03 Å². The predicted molar refractivity (Wildman–Crippen MR) is 94.2 cm³/mol. The van der Waals surface area contributed by atoms with Crippen molar-refractivity contribution in [2.24, 2.45) is 0 Å². The second-order valence-corrected chi connectivity index (χ2v) is 8.70. The summed E-state index contributed by atoms with van der Waals surface area (Å²) in [5.41, 5.74) is 2.24. The van der Waals surface area contributed by atoms with Crippen molar-refractivity contribution in [3.63, 3.8) is 0 Å². The number of urea groups is 1. The number of carbonyl (C=O) groups excluding carboxylic acids is 1. The zero-order valence-electron chi connectivity index (χ0n) is 13.6. The number of nitrogens with zero attached hydrogens (tertiary/aromatic N) is 2. The van der Waals surface area contributed by atoms with Gasteiger partial charge in [0.1, 0.15) is 5.82 Å². The quantitative estimate of drug-likeness (QED) is 0.774. The first-order chi connectivity index (χ1) is 11.9. The highest BCUT2D eigenvalue weighted by molar-refractivity contribution is 7.91. The topological polar surface area (TPSA) is 57.7 Å². The minimum Gasteiger partial charge on any atom is -0.288 e. The summed E-state index contributed by atoms with van der Waals surface area (Å²) < 4.78 is 37.6. The average Bonchev–Trinajstić information content (AvgIpc) is 2.99. The van der Waals surface area contributed by atoms with E-state index in [-0.39, 0.29) is 17.5 Å². The lowest BCUT2D eigenvalue weighted by Crippen LogP contribution is -2.37. The molecule has 0 bridgehead atoms. The fourth-order valence-electron chi connectivity index (χ4n) is 3.61. The van der Waals surface area contributed by atoms with E-state index in [1.54, 1.807) is 4.90 Å². The van der Waals surface area contributed by atoms with Crippen LogP contribution in [-0.4, -0.2) is 38.0 Å². The third-order valence-electron chi connectivity index (χ3n) is 4.79. The molecule has 2 aliphatic heterocycles. The molecular formula is C18H17FN2O3S. The molecule has 0 aliphatic carbocycles. The van der Waals surface area contributed by atoms with Gasteiger partial charge in [0.05, 0.1) is 23.6 Å². The highest BCUT2D eigenvalue weighted by Gasteiger charge is 2.54. The first-order valence-corrected chi connectivity index (χ1v) is 9.83. The summed E-state index contributed by atoms with van der Waals surface area (Å²) in [7, 11) is -3.24. The smallest absolute Gasteiger partial charge is 0.288 e. The van der Waals surface area contributed by atoms with Gasteiger partial charge in [-0.05, 0) is 43.3 Å². The van der Waals surface area contributed by atoms with Crippen LogP contribution in [0.3, 0.4) is 0 Å². The molecule has 7 heteroatoms. The zero-order chi connectivity index (χ0) is 17.8. The van der Waals surface area contributed by atoms with E-state index in [0.29, 0.717) is 11.4 Å². The number of aryl methyl sites for hydroxylation is 1. The first kappa shape index (κ1) is 16.1. The van der Waals surface area contributed by atoms with Crippen LogP contribution in [-0.2, 0) is 9.84 Å². The fourth-order valence-corrected chi connectivity index (χ4v) is 5.53. The predicted octanol–water partition coefficient (Wildman–Crippen LogP) is 2.75. The summed E-state index contributed by atoms with van der Waals surface area (Å²) in [6.07, 6.45) is 0. The van der Waals surface area contributed by atoms with Crippen molar-refractivity contribution in [2.45, 2.75) is 19.0 Å². The number of rotatable bonds is 2. The molecule has 0 radical (unpaired) electrons. The number of hydrogen-bond acceptors (Lipinski definition) is 3. The third kappa shape index (κ3) is 2.68. The van der Waals surface area contributed by atoms with E-state index in [0.717, 1.165) is 5.56 Å². The summed E-state index contributed by atoms with van der Waals surface area (Å²) >= 11 is 0. The molecule has 0 aromatic heterocycles. The van der Waals surface area contributed by atoms with E-state index in [9.17, 15) is 17.6 Å². The van der Waals surface area contributed by atoms with Crippen molar-refractivity contribution in [1.29, 1.82) is 0 Å². The van der Waals surface area contributed by atoms with Gasteiger partial charge in [-0.1, -0.05) is 17.7 Å². The minimum atomic E-state index is -3.24. The number of benzene rings is 2. The Morgan fingerprint density at radius 3 is 1.80 bits per heavy atom. The number of sulfone groups is 1. The maximum atomic E-state index is 13.2. The molecule has 2 aromatic rings. The maximum absolute atomic E-state index is 13.2. The van der Waals surface area contributed by atoms with Crippen molar-refractivity contribution in [1.82, 2.24) is 0 Å². The first-order valence-electron chi connectivity index (χ1n) is 8.01. The van der Waals surface area contributed by atoms with Gasteiger partial charge in [0.25, 0.3) is 0 Å². The van der Waals surface area contributed by atoms with Gasteiger partial charge in [0, 0.05) is 11.4 Å². The Hall–Kier alpha value is -2.41. The number of fused-ring (bicyclic) bond motifs is 1. The molecule has 130 valence electrons. The summed E-state index contributed by atoms with van der Waals surface area (Å²) in [5.74, 6) is -0.542. The van der Waals surface area contributed by atoms with Crippen LogP contribution in [0.15, 0.2) is 48.5 Å². The van der Waals surface area contributed by atoms with Crippen molar-refractivity contribution in [3.05, 3.63) is 59.9 Å². The summed E-state index contributed by atoms with van der Waals surface area (Å²) in [5, 5.41) is 0. The molecule has 0 saturated carbocycles. The molecule has 2 aliphatic rings. The van der Waals surface area contributed by atoms with Crippen LogP contribution < -0.4 is 9.80 Å². The Balaban J connectivity index is 1.79. The maximum Gasteiger partial charge on any atom is 0.329 e. The number of amides is 2. The number of hydrogen-bond donors (Lipinski definition) is 0. The van der Waals surface area contributed by atoms with Crippen LogP contribution in [0.2, 0.25) is 0 Å². The van der Waals surface area contributed by atoms with Crippen molar-refractivity contribution in [2.75, 3.05) is 21.3 Å². The molecule has 2 fully saturated rings. The number of carbonyl (C=O) groups is 1. The molecule has 0 N–H and O–H groups in total. The molecule has 2 atom stereocenters. The lowest BCUT2D eigenvalue weighted by molar-refractivity contribution is 0.255. The number of anilines is 2. The van der Waals surface area contributed by atoms with Crippen LogP contribution >= 0.6 is 0 Å². The van der Waals surface area contributed by atoms with Gasteiger partial charge in [0.15, 0.2) is 9.84 Å². The largest absolute Gasteiger partial charge is 0.329 e. The van der Waals surface area contributed by atoms with Crippen LogP contribution in [0.4, 0.5) is 20.6 Å². The van der Waals surface area contributed by atoms with Gasteiger partial charge in [-0.2, -0.15) is 0 Å². The second-order valence-electron chi connectivity index (χ2n) is 6.55. The summed E-state index contributed by atoms with van der Waals surface area (Å²) in [4.78, 5) is 16.1. The Kier molecular flexibility index (Phi) is 3.57. The Labute approximate surface area is 145 Å². The van der Waals surface area contributed by atoms with Crippen molar-refractivity contribution >= 4 is 27.2 Å². The second kappa shape index (κ2) is 5.56. The molecule has 25 heavy (non-hydrogen) atoms. The monoisotopic (exact) mass is 360 g/mol. The van der Waals surface area contributed by atoms with Gasteiger partial charge < -0.3 is 0 Å². The third-order valence-corrected chi connectivity index (χ3v) is 6.48. The van der Waals surface area contributed by atoms with E-state index in [2.05, 4.69) is 0 Å². The van der Waals surface area contributed by atoms with Crippen LogP contribution in [0.5, 0.6) is 0 Å². The van der Waals surface area contributed by atoms with E-state index < -0.39 is 27.7 Å². The molecule has 2 amide bonds. The lowest BCUT2D eigenvalue weighted by atomic mass is 10.1. The van der Waals surface area contributed by atoms with Crippen LogP contribution in [0.25, 0.3) is 0 Å². The standard InChI is InChI=1S/C18H17FN2O3S/c1-12-2-6-14(7-3-12)20-16-10-25(23,24)11-17(16)21(18(20)22)15-8-4-13(19)5-9-15/h2-9,16-17H,10-11H2,1H3/t16-,17+/m1/s1. The molecule has 0 spiro atoms. The van der Waals surface area contributed by atoms with E-state index in [4.69, 9.17) is 0 Å². The Morgan fingerprint density at radius 2 is 1.32 bits per heavy atom. The van der Waals surface area contributed by atoms with Gasteiger partial charge in [-0.15, -0.1) is 0 Å². The average molecular weight is 360 g/mol. The van der Waals surface area contributed by atoms with Gasteiger partial charge in [-0.3, -0.25) is 9.80 Å². The normalized spacial score (nSPS) is 24.6. The zero-order valence-corrected chi connectivity index (χ0v) is 14.4. The highest BCUT2D eigenvalue weighted by atomic mass is 32.2. The molecule has 2 saturated heterocycles. The molecule has 4 rings (SSSR count). The highest BCUT2D eigenvalue weighted by Crippen LogP contribution is 2.37. The molecule has 2 heterocycles. The SMILES string of the molecule is Cc1ccc(N2C(=O)N(c3ccc(F)cc3)[C@H]3CS(=O)(=O)C[C@H]32)cc1. The van der Waals surface area contributed by atoms with E-state index >= 15 is 0 Å². The lowest BCUT2D eigenvalue weighted by Gasteiger charge is -2.22. The molecule has 5 nitrogen and oxygen atoms in total. The Bertz CT molecular complexity index is 856. The van der Waals surface area contributed by atoms with Crippen molar-refractivity contribution < 1.29 is 17.6 Å². The molecular weight excluding hydrogens is 343 g/mol. The van der Waals surface area contributed by atoms with E-state index in [1.807, 2.05) is 31.2 Å².